The predicted molar refractivity (Wildman–Crippen MR) is 405 cm³/mol. The number of carbonyl (C=O) groups excluding carboxylic acids is 14. The maximum atomic E-state index is 15.7. The zero-order valence-corrected chi connectivity index (χ0v) is 67.1. The van der Waals surface area contributed by atoms with Crippen molar-refractivity contribution in [2.75, 3.05) is 69.0 Å². The molecule has 29 nitrogen and oxygen atoms in total. The van der Waals surface area contributed by atoms with Crippen molar-refractivity contribution in [1.82, 2.24) is 71.1 Å². The van der Waals surface area contributed by atoms with Crippen molar-refractivity contribution in [3.63, 3.8) is 0 Å². The Kier molecular flexibility index (Phi) is 35.4. The summed E-state index contributed by atoms with van der Waals surface area (Å²) in [5.41, 5.74) is 1.34. The second kappa shape index (κ2) is 41.9. The number of nitrogens with one attached hydrogen (secondary N) is 6. The number of benzene rings is 2. The van der Waals surface area contributed by atoms with Gasteiger partial charge in [0.15, 0.2) is 0 Å². The Balaban J connectivity index is 1.94. The number of likely N-dealkylation sites (tertiary alicyclic amines) is 1. The van der Waals surface area contributed by atoms with Crippen molar-refractivity contribution in [1.29, 1.82) is 0 Å². The number of likely N-dealkylation sites (N-methyl/N-ethyl adjacent to an activating group) is 7. The number of aliphatic hydroxyl groups is 1. The Labute approximate surface area is 633 Å². The summed E-state index contributed by atoms with van der Waals surface area (Å²) in [6, 6.07) is 1.15. The van der Waals surface area contributed by atoms with E-state index in [1.807, 2.05) is 51.1 Å². The third-order valence-corrected chi connectivity index (χ3v) is 20.5. The van der Waals surface area contributed by atoms with Gasteiger partial charge in [-0.15, -0.1) is 0 Å². The van der Waals surface area contributed by atoms with Gasteiger partial charge in [-0.1, -0.05) is 136 Å². The fourth-order valence-corrected chi connectivity index (χ4v) is 13.6. The first-order valence-electron chi connectivity index (χ1n) is 37.8. The summed E-state index contributed by atoms with van der Waals surface area (Å²) in [6.07, 6.45) is 0.426. The molecule has 7 N–H and O–H groups in total. The summed E-state index contributed by atoms with van der Waals surface area (Å²) < 4.78 is 0. The number of hydrogen-bond donors (Lipinski definition) is 7. The molecule has 14 amide bonds. The maximum absolute atomic E-state index is 15.7. The van der Waals surface area contributed by atoms with Gasteiger partial charge in [-0.2, -0.15) is 0 Å². The van der Waals surface area contributed by atoms with Crippen LogP contribution in [0, 0.1) is 29.6 Å². The molecule has 0 spiro atoms. The number of piperidine rings is 1. The highest BCUT2D eigenvalue weighted by Gasteiger charge is 2.44. The van der Waals surface area contributed by atoms with Crippen molar-refractivity contribution in [3.8, 4) is 0 Å². The quantitative estimate of drug-likeness (QED) is 0.106. The molecule has 2 aromatic rings. The monoisotopic (exact) mass is 1500 g/mol. The SMILES string of the molecule is CC[C@H](C)[C@@H](C(=O)N[C@@H](Cc1ccccc1)C(=O)N1CCCCC1)N(C)C(=O)[C@@H]1CC(=O)N(C)[C@H](C)C(=O)N(C)[C@@H](CC(C)C)C(=O)N[C@@H](Cc2ccccc2)C(=O)N[C@@H]([C@@H](C)O)C(=O)N(C)CC(=O)N(C)[C@@H](C)C(=O)N(C)[C@@H](C(C)C)C(=O)N[C@@H](C)C(=O)N(C)[C@@H](CC(C)C)C(=O)N[C@@H](CC(C)C)C(=O)N1. The topological polar surface area (TPSA) is 357 Å². The van der Waals surface area contributed by atoms with Gasteiger partial charge >= 0.3 is 0 Å². The third-order valence-electron chi connectivity index (χ3n) is 20.5. The van der Waals surface area contributed by atoms with E-state index in [1.165, 1.54) is 77.0 Å². The highest BCUT2D eigenvalue weighted by molar-refractivity contribution is 6.01. The number of carbonyl (C=O) groups is 14. The van der Waals surface area contributed by atoms with Crippen molar-refractivity contribution >= 4 is 82.7 Å². The van der Waals surface area contributed by atoms with Crippen LogP contribution in [0.15, 0.2) is 60.7 Å². The molecule has 0 radical (unpaired) electrons. The zero-order valence-electron chi connectivity index (χ0n) is 67.1. The van der Waals surface area contributed by atoms with E-state index in [2.05, 4.69) is 31.9 Å². The third kappa shape index (κ3) is 25.6. The first-order valence-corrected chi connectivity index (χ1v) is 37.8. The van der Waals surface area contributed by atoms with Gasteiger partial charge in [-0.3, -0.25) is 67.1 Å². The molecule has 4 rings (SSSR count). The second-order valence-electron chi connectivity index (χ2n) is 31.0. The Bertz CT molecular complexity index is 3390. The van der Waals surface area contributed by atoms with Crippen LogP contribution >= 0.6 is 0 Å². The number of amides is 14. The normalized spacial score (nSPS) is 24.9. The molecule has 2 aliphatic rings. The predicted octanol–water partition coefficient (Wildman–Crippen LogP) is 2.50. The van der Waals surface area contributed by atoms with Crippen LogP contribution in [0.25, 0.3) is 0 Å². The summed E-state index contributed by atoms with van der Waals surface area (Å²) in [4.78, 5) is 216. The minimum Gasteiger partial charge on any atom is -0.391 e. The molecule has 2 heterocycles. The summed E-state index contributed by atoms with van der Waals surface area (Å²) >= 11 is 0. The van der Waals surface area contributed by atoms with Crippen LogP contribution in [-0.4, -0.2) is 275 Å². The van der Waals surface area contributed by atoms with E-state index >= 15 is 24.0 Å². The van der Waals surface area contributed by atoms with E-state index in [4.69, 9.17) is 0 Å². The average molecular weight is 1500 g/mol. The van der Waals surface area contributed by atoms with Crippen LogP contribution in [-0.2, 0) is 80.0 Å². The first kappa shape index (κ1) is 90.4. The van der Waals surface area contributed by atoms with E-state index in [0.717, 1.165) is 59.1 Å². The van der Waals surface area contributed by atoms with E-state index in [0.29, 0.717) is 25.1 Å². The van der Waals surface area contributed by atoms with Crippen LogP contribution in [0.4, 0.5) is 0 Å². The van der Waals surface area contributed by atoms with Crippen molar-refractivity contribution in [2.24, 2.45) is 29.6 Å². The standard InChI is InChI=1S/C78H124N14O15/c1-22-49(10)66(72(101)83-58(42-55-34-28-24-29-35-55)77(106)92-36-30-25-31-37-92)91(21)76(105)59-43-62(94)86(16)51(12)74(103)89(19)61(40-47(6)7)70(99)81-57(41-54-32-26-23-27-33-54)68(97)84-64(53(14)93)78(107)85(15)44-63(95)87(17)52(13)75(104)90(20)65(48(8)9)71(100)79-50(11)73(102)88(18)60(39-46(4)5)69(98)80-56(38-45(2)3)67(96)82-59/h23-24,26-29,32-35,45-53,56-61,64-66,93H,22,25,30-31,36-44H2,1-21H3,(H,79,100)(H,80,98)(H,81,99)(H,82,96)(H,83,101)(H,84,97)/t49-,50-,51+,52-,53+,56-,57-,58-,59-,60-,61-,64-,65-,66-/m0/s1. The lowest BCUT2D eigenvalue weighted by Gasteiger charge is -2.37. The molecule has 0 bridgehead atoms. The number of rotatable bonds is 19. The summed E-state index contributed by atoms with van der Waals surface area (Å²) in [5.74, 6) is -12.8. The molecule has 596 valence electrons. The van der Waals surface area contributed by atoms with E-state index in [-0.39, 0.29) is 55.8 Å². The average Bonchev–Trinajstić information content (AvgIpc) is 0.783. The molecule has 0 saturated carbocycles. The minimum absolute atomic E-state index is 0.0195. The molecule has 2 aliphatic heterocycles. The molecule has 2 aromatic carbocycles. The Morgan fingerprint density at radius 2 is 1.02 bits per heavy atom. The van der Waals surface area contributed by atoms with Crippen molar-refractivity contribution < 1.29 is 72.2 Å². The van der Waals surface area contributed by atoms with E-state index in [9.17, 15) is 48.3 Å². The van der Waals surface area contributed by atoms with E-state index in [1.54, 1.807) is 83.7 Å². The number of hydrogen-bond acceptors (Lipinski definition) is 15. The zero-order chi connectivity index (χ0) is 80.8. The van der Waals surface area contributed by atoms with Gasteiger partial charge in [0.2, 0.25) is 82.7 Å². The molecule has 2 fully saturated rings. The summed E-state index contributed by atoms with van der Waals surface area (Å²) in [6.45, 7) is 23.6. The Hall–Kier alpha value is -9.02. The smallest absolute Gasteiger partial charge is 0.248 e. The fraction of sp³-hybridized carbons (Fsp3) is 0.667. The van der Waals surface area contributed by atoms with Crippen molar-refractivity contribution in [3.05, 3.63) is 71.8 Å². The van der Waals surface area contributed by atoms with E-state index < -0.39 is 180 Å². The molecule has 14 atom stereocenters. The molecular weight excluding hydrogens is 1370 g/mol. The second-order valence-corrected chi connectivity index (χ2v) is 31.0. The van der Waals surface area contributed by atoms with Crippen LogP contribution in [0.2, 0.25) is 0 Å². The molecule has 107 heavy (non-hydrogen) atoms. The number of nitrogens with zero attached hydrogens (tertiary/aromatic N) is 8. The molecule has 29 heteroatoms. The van der Waals surface area contributed by atoms with Gasteiger partial charge < -0.3 is 76.2 Å². The Morgan fingerprint density at radius 1 is 0.542 bits per heavy atom. The minimum atomic E-state index is -1.82. The molecule has 0 aromatic heterocycles. The number of aliphatic hydroxyl groups excluding tert-OH is 1. The van der Waals surface area contributed by atoms with Crippen LogP contribution in [0.3, 0.4) is 0 Å². The van der Waals surface area contributed by atoms with Gasteiger partial charge in [0, 0.05) is 75.3 Å². The van der Waals surface area contributed by atoms with Crippen molar-refractivity contribution in [2.45, 2.75) is 240 Å². The van der Waals surface area contributed by atoms with Crippen LogP contribution in [0.1, 0.15) is 159 Å². The summed E-state index contributed by atoms with van der Waals surface area (Å²) in [7, 11) is 9.32. The fourth-order valence-electron chi connectivity index (χ4n) is 13.6. The largest absolute Gasteiger partial charge is 0.391 e. The highest BCUT2D eigenvalue weighted by Crippen LogP contribution is 2.23. The molecular formula is C78H124N14O15. The van der Waals surface area contributed by atoms with Crippen LogP contribution < -0.4 is 31.9 Å². The van der Waals surface area contributed by atoms with Gasteiger partial charge in [-0.25, -0.2) is 0 Å². The highest BCUT2D eigenvalue weighted by atomic mass is 16.3. The van der Waals surface area contributed by atoms with Gasteiger partial charge in [-0.05, 0) is 107 Å². The van der Waals surface area contributed by atoms with Crippen LogP contribution in [0.5, 0.6) is 0 Å². The molecule has 0 unspecified atom stereocenters. The molecule has 0 aliphatic carbocycles. The summed E-state index contributed by atoms with van der Waals surface area (Å²) in [5, 5.41) is 27.8. The lowest BCUT2D eigenvalue weighted by atomic mass is 9.94. The lowest BCUT2D eigenvalue weighted by Crippen LogP contribution is -2.62. The maximum Gasteiger partial charge on any atom is 0.248 e. The van der Waals surface area contributed by atoms with Gasteiger partial charge in [0.1, 0.15) is 72.5 Å². The first-order chi connectivity index (χ1) is 50.1. The molecule has 2 saturated heterocycles. The lowest BCUT2D eigenvalue weighted by molar-refractivity contribution is -0.150. The Morgan fingerprint density at radius 3 is 1.51 bits per heavy atom. The van der Waals surface area contributed by atoms with Gasteiger partial charge in [0.05, 0.1) is 19.1 Å². The van der Waals surface area contributed by atoms with Gasteiger partial charge in [0.25, 0.3) is 0 Å².